The van der Waals surface area contributed by atoms with Crippen LogP contribution in [0.2, 0.25) is 0 Å². The van der Waals surface area contributed by atoms with Gasteiger partial charge in [-0.3, -0.25) is 0 Å². The van der Waals surface area contributed by atoms with Gasteiger partial charge in [-0.1, -0.05) is 19.9 Å². The third-order valence-corrected chi connectivity index (χ3v) is 2.22. The van der Waals surface area contributed by atoms with Crippen molar-refractivity contribution in [1.82, 2.24) is 0 Å². The fourth-order valence-corrected chi connectivity index (χ4v) is 1.34. The molecule has 0 fully saturated rings. The second-order valence-corrected chi connectivity index (χ2v) is 4.33. The molecule has 0 amide bonds. The summed E-state index contributed by atoms with van der Waals surface area (Å²) in [6.07, 6.45) is 0. The zero-order valence-corrected chi connectivity index (χ0v) is 10.4. The van der Waals surface area contributed by atoms with E-state index in [0.29, 0.717) is 37.0 Å². The maximum absolute atomic E-state index is 13.3. The number of anilines is 1. The van der Waals surface area contributed by atoms with Gasteiger partial charge < -0.3 is 15.2 Å². The molecule has 1 aromatic rings. The van der Waals surface area contributed by atoms with Crippen LogP contribution in [0, 0.1) is 11.7 Å². The number of rotatable bonds is 7. The van der Waals surface area contributed by atoms with Gasteiger partial charge in [-0.15, -0.1) is 0 Å². The largest absolute Gasteiger partial charge is 0.398 e. The molecule has 0 aliphatic rings. The third-order valence-electron chi connectivity index (χ3n) is 2.22. The molecule has 0 spiro atoms. The van der Waals surface area contributed by atoms with Gasteiger partial charge >= 0.3 is 0 Å². The number of benzene rings is 1. The number of halogens is 1. The van der Waals surface area contributed by atoms with E-state index in [4.69, 9.17) is 15.2 Å². The first-order valence-corrected chi connectivity index (χ1v) is 5.79. The Labute approximate surface area is 102 Å². The third kappa shape index (κ3) is 5.15. The Morgan fingerprint density at radius 2 is 1.94 bits per heavy atom. The lowest BCUT2D eigenvalue weighted by Crippen LogP contribution is -2.09. The van der Waals surface area contributed by atoms with Gasteiger partial charge in [0.05, 0.1) is 19.8 Å². The van der Waals surface area contributed by atoms with E-state index in [9.17, 15) is 4.39 Å². The van der Waals surface area contributed by atoms with Crippen molar-refractivity contribution in [3.05, 3.63) is 29.6 Å². The molecule has 96 valence electrons. The van der Waals surface area contributed by atoms with Crippen molar-refractivity contribution < 1.29 is 13.9 Å². The molecule has 0 atom stereocenters. The average molecular weight is 241 g/mol. The Morgan fingerprint density at radius 1 is 1.24 bits per heavy atom. The molecule has 0 aliphatic heterocycles. The molecule has 0 saturated carbocycles. The van der Waals surface area contributed by atoms with Gasteiger partial charge in [-0.05, 0) is 18.1 Å². The molecular weight excluding hydrogens is 221 g/mol. The normalized spacial score (nSPS) is 11.1. The second kappa shape index (κ2) is 7.25. The molecule has 0 bridgehead atoms. The molecule has 4 heteroatoms. The quantitative estimate of drug-likeness (QED) is 0.589. The van der Waals surface area contributed by atoms with E-state index in [1.54, 1.807) is 12.1 Å². The van der Waals surface area contributed by atoms with E-state index in [-0.39, 0.29) is 12.4 Å². The van der Waals surface area contributed by atoms with Crippen LogP contribution in [0.4, 0.5) is 10.1 Å². The number of hydrogen-bond donors (Lipinski definition) is 1. The minimum Gasteiger partial charge on any atom is -0.398 e. The van der Waals surface area contributed by atoms with E-state index in [0.717, 1.165) is 0 Å². The summed E-state index contributed by atoms with van der Waals surface area (Å²) in [6.45, 7) is 6.03. The van der Waals surface area contributed by atoms with Crippen LogP contribution < -0.4 is 5.73 Å². The van der Waals surface area contributed by atoms with Crippen LogP contribution >= 0.6 is 0 Å². The molecule has 0 saturated heterocycles. The fraction of sp³-hybridized carbons (Fsp3) is 0.538. The molecule has 1 rings (SSSR count). The minimum absolute atomic E-state index is 0.184. The highest BCUT2D eigenvalue weighted by Crippen LogP contribution is 2.16. The highest BCUT2D eigenvalue weighted by Gasteiger charge is 2.05. The standard InChI is InChI=1S/C13H20FNO2/c1-10(2)8-16-6-7-17-9-11-12(14)4-3-5-13(11)15/h3-5,10H,6-9,15H2,1-2H3. The summed E-state index contributed by atoms with van der Waals surface area (Å²) in [6, 6.07) is 4.63. The Hall–Kier alpha value is -1.13. The van der Waals surface area contributed by atoms with E-state index < -0.39 is 0 Å². The zero-order chi connectivity index (χ0) is 12.7. The van der Waals surface area contributed by atoms with Crippen LogP contribution in [0.3, 0.4) is 0 Å². The van der Waals surface area contributed by atoms with Gasteiger partial charge in [0.1, 0.15) is 5.82 Å². The lowest BCUT2D eigenvalue weighted by molar-refractivity contribution is 0.0308. The van der Waals surface area contributed by atoms with Gasteiger partial charge in [-0.2, -0.15) is 0 Å². The molecule has 2 N–H and O–H groups in total. The molecule has 0 aromatic heterocycles. The summed E-state index contributed by atoms with van der Waals surface area (Å²) < 4.78 is 24.0. The predicted octanol–water partition coefficient (Wildman–Crippen LogP) is 2.60. The Bertz CT molecular complexity index is 322. The average Bonchev–Trinajstić information content (AvgIpc) is 2.26. The Morgan fingerprint density at radius 3 is 2.59 bits per heavy atom. The number of hydrogen-bond acceptors (Lipinski definition) is 3. The van der Waals surface area contributed by atoms with Crippen molar-refractivity contribution in [2.24, 2.45) is 5.92 Å². The maximum Gasteiger partial charge on any atom is 0.130 e. The summed E-state index contributed by atoms with van der Waals surface area (Å²) >= 11 is 0. The number of nitrogen functional groups attached to an aromatic ring is 1. The molecule has 3 nitrogen and oxygen atoms in total. The first kappa shape index (κ1) is 13.9. The van der Waals surface area contributed by atoms with Gasteiger partial charge in [0.2, 0.25) is 0 Å². The maximum atomic E-state index is 13.3. The summed E-state index contributed by atoms with van der Waals surface area (Å²) in [5, 5.41) is 0. The van der Waals surface area contributed by atoms with E-state index in [2.05, 4.69) is 13.8 Å². The van der Waals surface area contributed by atoms with Crippen molar-refractivity contribution in [3.8, 4) is 0 Å². The van der Waals surface area contributed by atoms with Gasteiger partial charge in [0.25, 0.3) is 0 Å². The van der Waals surface area contributed by atoms with E-state index in [1.807, 2.05) is 0 Å². The van der Waals surface area contributed by atoms with Crippen LogP contribution in [0.5, 0.6) is 0 Å². The van der Waals surface area contributed by atoms with Crippen LogP contribution in [0.15, 0.2) is 18.2 Å². The van der Waals surface area contributed by atoms with Crippen molar-refractivity contribution in [1.29, 1.82) is 0 Å². The Balaban J connectivity index is 2.22. The molecule has 0 aliphatic carbocycles. The summed E-state index contributed by atoms with van der Waals surface area (Å²) in [5.41, 5.74) is 6.49. The summed E-state index contributed by atoms with van der Waals surface area (Å²) in [5.74, 6) is 0.185. The summed E-state index contributed by atoms with van der Waals surface area (Å²) in [7, 11) is 0. The lowest BCUT2D eigenvalue weighted by Gasteiger charge is -2.09. The van der Waals surface area contributed by atoms with Crippen molar-refractivity contribution in [3.63, 3.8) is 0 Å². The van der Waals surface area contributed by atoms with Crippen LogP contribution in [0.25, 0.3) is 0 Å². The van der Waals surface area contributed by atoms with Crippen LogP contribution in [-0.4, -0.2) is 19.8 Å². The van der Waals surface area contributed by atoms with Crippen LogP contribution in [-0.2, 0) is 16.1 Å². The first-order chi connectivity index (χ1) is 8.11. The Kier molecular flexibility index (Phi) is 5.94. The lowest BCUT2D eigenvalue weighted by atomic mass is 10.2. The molecule has 1 aromatic carbocycles. The highest BCUT2D eigenvalue weighted by atomic mass is 19.1. The predicted molar refractivity (Wildman–Crippen MR) is 66.1 cm³/mol. The van der Waals surface area contributed by atoms with E-state index in [1.165, 1.54) is 6.07 Å². The smallest absolute Gasteiger partial charge is 0.130 e. The van der Waals surface area contributed by atoms with Gasteiger partial charge in [-0.25, -0.2) is 4.39 Å². The topological polar surface area (TPSA) is 44.5 Å². The fourth-order valence-electron chi connectivity index (χ4n) is 1.34. The molecule has 0 radical (unpaired) electrons. The van der Waals surface area contributed by atoms with Crippen molar-refractivity contribution in [2.75, 3.05) is 25.6 Å². The minimum atomic E-state index is -0.326. The van der Waals surface area contributed by atoms with Gasteiger partial charge in [0.15, 0.2) is 0 Å². The zero-order valence-electron chi connectivity index (χ0n) is 10.4. The monoisotopic (exact) mass is 241 g/mol. The first-order valence-electron chi connectivity index (χ1n) is 5.79. The van der Waals surface area contributed by atoms with Gasteiger partial charge in [0, 0.05) is 17.9 Å². The summed E-state index contributed by atoms with van der Waals surface area (Å²) in [4.78, 5) is 0. The van der Waals surface area contributed by atoms with Crippen LogP contribution in [0.1, 0.15) is 19.4 Å². The van der Waals surface area contributed by atoms with E-state index >= 15 is 0 Å². The van der Waals surface area contributed by atoms with Crippen molar-refractivity contribution in [2.45, 2.75) is 20.5 Å². The molecular formula is C13H20FNO2. The molecule has 17 heavy (non-hydrogen) atoms. The SMILES string of the molecule is CC(C)COCCOCc1c(N)cccc1F. The molecule has 0 unspecified atom stereocenters. The highest BCUT2D eigenvalue weighted by molar-refractivity contribution is 5.46. The number of nitrogens with two attached hydrogens (primary N) is 1. The second-order valence-electron chi connectivity index (χ2n) is 4.33. The number of ether oxygens (including phenoxy) is 2. The van der Waals surface area contributed by atoms with Crippen molar-refractivity contribution >= 4 is 5.69 Å². The molecule has 0 heterocycles.